The second kappa shape index (κ2) is 10.6. The Morgan fingerprint density at radius 1 is 1.13 bits per heavy atom. The molecule has 0 aliphatic carbocycles. The molecule has 6 nitrogen and oxygen atoms in total. The van der Waals surface area contributed by atoms with E-state index in [0.29, 0.717) is 23.2 Å². The van der Waals surface area contributed by atoms with E-state index in [0.717, 1.165) is 38.0 Å². The Morgan fingerprint density at radius 3 is 2.57 bits per heavy atom. The van der Waals surface area contributed by atoms with Crippen molar-refractivity contribution in [2.45, 2.75) is 19.3 Å². The summed E-state index contributed by atoms with van der Waals surface area (Å²) in [5, 5.41) is 11.7. The number of carbonyl (C=O) groups is 2. The summed E-state index contributed by atoms with van der Waals surface area (Å²) in [6.07, 6.45) is 4.26. The smallest absolute Gasteiger partial charge is 0.267 e. The van der Waals surface area contributed by atoms with Gasteiger partial charge in [-0.05, 0) is 54.8 Å². The molecule has 0 radical (unpaired) electrons. The van der Waals surface area contributed by atoms with E-state index in [1.54, 1.807) is 24.3 Å². The third-order valence-electron chi connectivity index (χ3n) is 5.09. The van der Waals surface area contributed by atoms with E-state index in [2.05, 4.69) is 27.2 Å². The van der Waals surface area contributed by atoms with Crippen LogP contribution in [-0.4, -0.2) is 36.3 Å². The molecular weight excluding hydrogens is 400 g/mol. The molecule has 0 atom stereocenters. The van der Waals surface area contributed by atoms with Crippen molar-refractivity contribution in [1.29, 1.82) is 5.26 Å². The van der Waals surface area contributed by atoms with Crippen LogP contribution in [0.4, 0.5) is 5.69 Å². The molecular formula is C23H23ClN4O2. The van der Waals surface area contributed by atoms with Crippen molar-refractivity contribution in [3.8, 4) is 6.07 Å². The molecule has 1 aliphatic heterocycles. The second-order valence-electron chi connectivity index (χ2n) is 7.09. The van der Waals surface area contributed by atoms with Crippen molar-refractivity contribution in [2.75, 3.05) is 25.0 Å². The monoisotopic (exact) mass is 422 g/mol. The Kier molecular flexibility index (Phi) is 7.61. The first-order valence-corrected chi connectivity index (χ1v) is 10.2. The number of hydrogen-bond acceptors (Lipinski definition) is 4. The molecule has 0 aromatic heterocycles. The van der Waals surface area contributed by atoms with Crippen molar-refractivity contribution < 1.29 is 9.59 Å². The van der Waals surface area contributed by atoms with E-state index in [4.69, 9.17) is 17.0 Å². The van der Waals surface area contributed by atoms with Gasteiger partial charge in [-0.25, -0.2) is 0 Å². The first-order valence-electron chi connectivity index (χ1n) is 9.82. The largest absolute Gasteiger partial charge is 0.325 e. The topological polar surface area (TPSA) is 85.2 Å². The number of rotatable bonds is 7. The number of hydrogen-bond donors (Lipinski definition) is 2. The minimum atomic E-state index is -0.453. The van der Waals surface area contributed by atoms with Crippen LogP contribution in [0.15, 0.2) is 54.6 Å². The van der Waals surface area contributed by atoms with Crippen molar-refractivity contribution in [1.82, 2.24) is 9.74 Å². The molecule has 0 bridgehead atoms. The Balaban J connectivity index is 1.45. The van der Waals surface area contributed by atoms with Gasteiger partial charge in [0.25, 0.3) is 5.91 Å². The summed E-state index contributed by atoms with van der Waals surface area (Å²) in [7, 11) is 0. The normalized spacial score (nSPS) is 13.8. The van der Waals surface area contributed by atoms with Gasteiger partial charge in [-0.1, -0.05) is 30.3 Å². The maximum Gasteiger partial charge on any atom is 0.267 e. The molecule has 0 fully saturated rings. The van der Waals surface area contributed by atoms with Crippen molar-refractivity contribution in [2.24, 2.45) is 0 Å². The molecule has 2 amide bonds. The van der Waals surface area contributed by atoms with Gasteiger partial charge in [0.05, 0.1) is 22.9 Å². The number of nitriles is 1. The number of halogens is 1. The lowest BCUT2D eigenvalue weighted by molar-refractivity contribution is -0.116. The fraction of sp³-hybridized carbons (Fsp3) is 0.261. The van der Waals surface area contributed by atoms with Crippen LogP contribution in [0.1, 0.15) is 40.7 Å². The summed E-state index contributed by atoms with van der Waals surface area (Å²) in [5.41, 5.74) is 3.90. The summed E-state index contributed by atoms with van der Waals surface area (Å²) in [6, 6.07) is 16.6. The zero-order valence-electron chi connectivity index (χ0n) is 16.5. The van der Waals surface area contributed by atoms with E-state index in [9.17, 15) is 9.59 Å². The maximum absolute atomic E-state index is 12.3. The van der Waals surface area contributed by atoms with Gasteiger partial charge in [0.1, 0.15) is 0 Å². The summed E-state index contributed by atoms with van der Waals surface area (Å²) in [6.45, 7) is 2.61. The number of carbonyl (C=O) groups excluding carboxylic acids is 2. The van der Waals surface area contributed by atoms with Crippen LogP contribution in [0.5, 0.6) is 0 Å². The number of amides is 2. The standard InChI is InChI=1S/C23H23ClN4O2/c24-27-23(30)20-4-1-2-5-21(20)26-22(29)6-3-13-28-14-11-19(12-15-28)18-9-7-17(16-25)8-10-18/h1-2,4-5,7-11H,3,6,12-15H2,(H,26,29)(H,27,30). The average Bonchev–Trinajstić information content (AvgIpc) is 2.79. The highest BCUT2D eigenvalue weighted by Crippen LogP contribution is 2.23. The molecule has 0 saturated carbocycles. The predicted molar refractivity (Wildman–Crippen MR) is 118 cm³/mol. The zero-order valence-corrected chi connectivity index (χ0v) is 17.3. The lowest BCUT2D eigenvalue weighted by Gasteiger charge is -2.26. The van der Waals surface area contributed by atoms with E-state index in [1.807, 2.05) is 24.3 Å². The van der Waals surface area contributed by atoms with Gasteiger partial charge >= 0.3 is 0 Å². The highest BCUT2D eigenvalue weighted by atomic mass is 35.5. The molecule has 2 aromatic rings. The number of benzene rings is 2. The van der Waals surface area contributed by atoms with Gasteiger partial charge in [0, 0.05) is 31.3 Å². The highest BCUT2D eigenvalue weighted by molar-refractivity contribution is 6.25. The molecule has 2 aromatic carbocycles. The van der Waals surface area contributed by atoms with Gasteiger partial charge in [0.15, 0.2) is 0 Å². The number of para-hydroxylation sites is 1. The fourth-order valence-corrected chi connectivity index (χ4v) is 3.55. The molecule has 154 valence electrons. The first kappa shape index (κ1) is 21.6. The Hall–Kier alpha value is -3.14. The summed E-state index contributed by atoms with van der Waals surface area (Å²) < 4.78 is 0. The Labute approximate surface area is 181 Å². The van der Waals surface area contributed by atoms with Crippen LogP contribution in [0, 0.1) is 11.3 Å². The summed E-state index contributed by atoms with van der Waals surface area (Å²) in [5.74, 6) is -0.582. The van der Waals surface area contributed by atoms with Crippen LogP contribution in [0.3, 0.4) is 0 Å². The fourth-order valence-electron chi connectivity index (χ4n) is 3.45. The second-order valence-corrected chi connectivity index (χ2v) is 7.28. The molecule has 0 saturated heterocycles. The predicted octanol–water partition coefficient (Wildman–Crippen LogP) is 3.95. The van der Waals surface area contributed by atoms with Crippen LogP contribution in [-0.2, 0) is 4.79 Å². The molecule has 2 N–H and O–H groups in total. The Morgan fingerprint density at radius 2 is 1.90 bits per heavy atom. The van der Waals surface area contributed by atoms with Gasteiger partial charge < -0.3 is 5.32 Å². The van der Waals surface area contributed by atoms with Crippen LogP contribution < -0.4 is 10.2 Å². The lowest BCUT2D eigenvalue weighted by atomic mass is 9.98. The molecule has 3 rings (SSSR count). The number of nitrogens with one attached hydrogen (secondary N) is 2. The van der Waals surface area contributed by atoms with E-state index < -0.39 is 5.91 Å². The molecule has 30 heavy (non-hydrogen) atoms. The van der Waals surface area contributed by atoms with Gasteiger partial charge in [-0.2, -0.15) is 5.26 Å². The van der Waals surface area contributed by atoms with Crippen molar-refractivity contribution in [3.05, 3.63) is 71.3 Å². The van der Waals surface area contributed by atoms with Crippen molar-refractivity contribution in [3.63, 3.8) is 0 Å². The summed E-state index contributed by atoms with van der Waals surface area (Å²) in [4.78, 5) is 28.4. The average molecular weight is 423 g/mol. The summed E-state index contributed by atoms with van der Waals surface area (Å²) >= 11 is 5.39. The van der Waals surface area contributed by atoms with Crippen LogP contribution in [0.25, 0.3) is 5.57 Å². The SMILES string of the molecule is N#Cc1ccc(C2=CCN(CCCC(=O)Nc3ccccc3C(=O)NCl)CC2)cc1. The van der Waals surface area contributed by atoms with Gasteiger partial charge in [-0.3, -0.25) is 19.3 Å². The highest BCUT2D eigenvalue weighted by Gasteiger charge is 2.15. The van der Waals surface area contributed by atoms with Gasteiger partial charge in [0.2, 0.25) is 5.91 Å². The molecule has 0 unspecified atom stereocenters. The molecule has 1 heterocycles. The first-order chi connectivity index (χ1) is 14.6. The lowest BCUT2D eigenvalue weighted by Crippen LogP contribution is -2.30. The van der Waals surface area contributed by atoms with E-state index in [-0.39, 0.29) is 5.91 Å². The minimum Gasteiger partial charge on any atom is -0.325 e. The van der Waals surface area contributed by atoms with Crippen LogP contribution >= 0.6 is 11.8 Å². The number of anilines is 1. The maximum atomic E-state index is 12.3. The quantitative estimate of drug-likeness (QED) is 0.661. The van der Waals surface area contributed by atoms with Crippen LogP contribution in [0.2, 0.25) is 0 Å². The van der Waals surface area contributed by atoms with Gasteiger partial charge in [-0.15, -0.1) is 0 Å². The molecule has 0 spiro atoms. The minimum absolute atomic E-state index is 0.129. The van der Waals surface area contributed by atoms with E-state index >= 15 is 0 Å². The third kappa shape index (κ3) is 5.69. The zero-order chi connectivity index (χ0) is 21.3. The van der Waals surface area contributed by atoms with Crippen molar-refractivity contribution >= 4 is 34.9 Å². The number of nitrogens with zero attached hydrogens (tertiary/aromatic N) is 2. The third-order valence-corrected chi connectivity index (χ3v) is 5.26. The molecule has 1 aliphatic rings. The van der Waals surface area contributed by atoms with E-state index in [1.165, 1.54) is 5.57 Å². The molecule has 7 heteroatoms. The Bertz CT molecular complexity index is 979.